The van der Waals surface area contributed by atoms with E-state index in [1.54, 1.807) is 0 Å². The van der Waals surface area contributed by atoms with E-state index in [4.69, 9.17) is 5.73 Å². The minimum Gasteiger partial charge on any atom is -0.328 e. The van der Waals surface area contributed by atoms with Gasteiger partial charge in [0, 0.05) is 12.6 Å². The third-order valence-corrected chi connectivity index (χ3v) is 4.58. The van der Waals surface area contributed by atoms with Crippen molar-refractivity contribution in [1.29, 1.82) is 0 Å². The lowest BCUT2D eigenvalue weighted by molar-refractivity contribution is 0.563. The molecule has 0 aliphatic rings. The van der Waals surface area contributed by atoms with Gasteiger partial charge in [0.25, 0.3) is 0 Å². The minimum atomic E-state index is -3.22. The second-order valence-electron chi connectivity index (χ2n) is 5.11. The zero-order chi connectivity index (χ0) is 14.3. The van der Waals surface area contributed by atoms with E-state index in [0.717, 1.165) is 18.4 Å². The molecular formula is C14H24N2O2S. The average Bonchev–Trinajstić information content (AvgIpc) is 2.35. The number of nitrogens with one attached hydrogen (secondary N) is 1. The summed E-state index contributed by atoms with van der Waals surface area (Å²) in [7, 11) is -3.22. The Labute approximate surface area is 116 Å². The van der Waals surface area contributed by atoms with Crippen LogP contribution in [0.25, 0.3) is 0 Å². The second kappa shape index (κ2) is 7.62. The van der Waals surface area contributed by atoms with Crippen molar-refractivity contribution in [1.82, 2.24) is 4.72 Å². The molecule has 4 nitrogen and oxygen atoms in total. The van der Waals surface area contributed by atoms with E-state index >= 15 is 0 Å². The van der Waals surface area contributed by atoms with Gasteiger partial charge in [-0.05, 0) is 31.2 Å². The molecule has 0 amide bonds. The summed E-state index contributed by atoms with van der Waals surface area (Å²) < 4.78 is 26.5. The van der Waals surface area contributed by atoms with Gasteiger partial charge >= 0.3 is 0 Å². The Morgan fingerprint density at radius 2 is 1.84 bits per heavy atom. The molecule has 0 spiro atoms. The van der Waals surface area contributed by atoms with Crippen LogP contribution in [0.1, 0.15) is 38.2 Å². The first-order chi connectivity index (χ1) is 8.91. The highest BCUT2D eigenvalue weighted by molar-refractivity contribution is 7.89. The van der Waals surface area contributed by atoms with Crippen LogP contribution in [-0.2, 0) is 10.0 Å². The summed E-state index contributed by atoms with van der Waals surface area (Å²) in [6, 6.07) is 9.81. The van der Waals surface area contributed by atoms with Crippen LogP contribution in [0, 0.1) is 0 Å². The van der Waals surface area contributed by atoms with Gasteiger partial charge in [0.15, 0.2) is 0 Å². The van der Waals surface area contributed by atoms with Crippen molar-refractivity contribution in [2.24, 2.45) is 5.73 Å². The van der Waals surface area contributed by atoms with Crippen LogP contribution in [0.3, 0.4) is 0 Å². The molecule has 0 saturated heterocycles. The molecule has 2 unspecified atom stereocenters. The molecule has 1 rings (SSSR count). The van der Waals surface area contributed by atoms with Crippen LogP contribution in [0.15, 0.2) is 30.3 Å². The number of hydrogen-bond donors (Lipinski definition) is 2. The number of rotatable bonds is 8. The third-order valence-electron chi connectivity index (χ3n) is 3.00. The average molecular weight is 284 g/mol. The molecule has 3 N–H and O–H groups in total. The number of sulfonamides is 1. The van der Waals surface area contributed by atoms with Crippen molar-refractivity contribution in [2.75, 3.05) is 12.3 Å². The molecule has 0 heterocycles. The van der Waals surface area contributed by atoms with E-state index in [1.807, 2.05) is 44.2 Å². The van der Waals surface area contributed by atoms with Crippen molar-refractivity contribution in [3.05, 3.63) is 35.9 Å². The van der Waals surface area contributed by atoms with Crippen LogP contribution in [0.2, 0.25) is 0 Å². The lowest BCUT2D eigenvalue weighted by atomic mass is 10.0. The first kappa shape index (κ1) is 16.1. The zero-order valence-electron chi connectivity index (χ0n) is 11.7. The van der Waals surface area contributed by atoms with Crippen LogP contribution in [0.5, 0.6) is 0 Å². The molecule has 0 bridgehead atoms. The van der Waals surface area contributed by atoms with E-state index in [-0.39, 0.29) is 17.7 Å². The van der Waals surface area contributed by atoms with Crippen molar-refractivity contribution in [3.63, 3.8) is 0 Å². The molecule has 5 heteroatoms. The summed E-state index contributed by atoms with van der Waals surface area (Å²) in [4.78, 5) is 0. The normalized spacial score (nSPS) is 15.1. The molecule has 0 radical (unpaired) electrons. The van der Waals surface area contributed by atoms with Crippen molar-refractivity contribution in [3.8, 4) is 0 Å². The maximum absolute atomic E-state index is 11.9. The van der Waals surface area contributed by atoms with Gasteiger partial charge in [-0.2, -0.15) is 0 Å². The van der Waals surface area contributed by atoms with Gasteiger partial charge in [-0.25, -0.2) is 13.1 Å². The molecule has 0 aliphatic carbocycles. The highest BCUT2D eigenvalue weighted by Crippen LogP contribution is 2.16. The van der Waals surface area contributed by atoms with Crippen molar-refractivity contribution in [2.45, 2.75) is 38.6 Å². The van der Waals surface area contributed by atoms with Crippen LogP contribution >= 0.6 is 0 Å². The number of benzene rings is 1. The predicted molar refractivity (Wildman–Crippen MR) is 79.5 cm³/mol. The monoisotopic (exact) mass is 284 g/mol. The quantitative estimate of drug-likeness (QED) is 0.715. The summed E-state index contributed by atoms with van der Waals surface area (Å²) in [6.07, 6.45) is 1.60. The maximum atomic E-state index is 11.9. The van der Waals surface area contributed by atoms with E-state index in [9.17, 15) is 8.42 Å². The van der Waals surface area contributed by atoms with Gasteiger partial charge in [0.1, 0.15) is 0 Å². The first-order valence-corrected chi connectivity index (χ1v) is 8.34. The molecule has 2 atom stereocenters. The van der Waals surface area contributed by atoms with Crippen molar-refractivity contribution < 1.29 is 8.42 Å². The molecule has 0 aliphatic heterocycles. The van der Waals surface area contributed by atoms with E-state index < -0.39 is 10.0 Å². The molecule has 1 aromatic carbocycles. The Hall–Kier alpha value is -0.910. The van der Waals surface area contributed by atoms with Gasteiger partial charge < -0.3 is 5.73 Å². The first-order valence-electron chi connectivity index (χ1n) is 6.68. The Morgan fingerprint density at radius 1 is 1.21 bits per heavy atom. The molecule has 0 aromatic heterocycles. The Morgan fingerprint density at radius 3 is 2.42 bits per heavy atom. The number of nitrogens with two attached hydrogens (primary N) is 1. The second-order valence-corrected chi connectivity index (χ2v) is 6.96. The van der Waals surface area contributed by atoms with Crippen LogP contribution in [-0.4, -0.2) is 26.8 Å². The fourth-order valence-corrected chi connectivity index (χ4v) is 3.34. The van der Waals surface area contributed by atoms with Gasteiger partial charge in [-0.3, -0.25) is 0 Å². The maximum Gasteiger partial charge on any atom is 0.212 e. The molecule has 108 valence electrons. The summed E-state index contributed by atoms with van der Waals surface area (Å²) in [5, 5.41) is 0. The highest BCUT2D eigenvalue weighted by Gasteiger charge is 2.16. The van der Waals surface area contributed by atoms with Gasteiger partial charge in [0.05, 0.1) is 5.75 Å². The summed E-state index contributed by atoms with van der Waals surface area (Å²) >= 11 is 0. The van der Waals surface area contributed by atoms with Crippen LogP contribution < -0.4 is 10.5 Å². The largest absolute Gasteiger partial charge is 0.328 e. The highest BCUT2D eigenvalue weighted by atomic mass is 32.2. The smallest absolute Gasteiger partial charge is 0.212 e. The van der Waals surface area contributed by atoms with E-state index in [0.29, 0.717) is 6.54 Å². The van der Waals surface area contributed by atoms with Gasteiger partial charge in [0.2, 0.25) is 10.0 Å². The fraction of sp³-hybridized carbons (Fsp3) is 0.571. The molecule has 1 aromatic rings. The Bertz CT molecular complexity index is 458. The minimum absolute atomic E-state index is 0.00729. The van der Waals surface area contributed by atoms with Crippen LogP contribution in [0.4, 0.5) is 0 Å². The summed E-state index contributed by atoms with van der Waals surface area (Å²) in [5.41, 5.74) is 6.67. The standard InChI is InChI=1S/C14H24N2O2S/c1-12(14-8-4-3-5-9-14)11-19(17,18)16-10-6-7-13(2)15/h3-5,8-9,12-13,16H,6-7,10-11,15H2,1-2H3. The third kappa shape index (κ3) is 6.71. The van der Waals surface area contributed by atoms with Gasteiger partial charge in [-0.1, -0.05) is 37.3 Å². The number of hydrogen-bond acceptors (Lipinski definition) is 3. The molecular weight excluding hydrogens is 260 g/mol. The molecule has 0 saturated carbocycles. The molecule has 0 fully saturated rings. The van der Waals surface area contributed by atoms with E-state index in [2.05, 4.69) is 4.72 Å². The lowest BCUT2D eigenvalue weighted by Crippen LogP contribution is -2.30. The topological polar surface area (TPSA) is 72.2 Å². The van der Waals surface area contributed by atoms with E-state index in [1.165, 1.54) is 0 Å². The SMILES string of the molecule is CC(N)CCCNS(=O)(=O)CC(C)c1ccccc1. The summed E-state index contributed by atoms with van der Waals surface area (Å²) in [5.74, 6) is 0.113. The fourth-order valence-electron chi connectivity index (χ4n) is 1.92. The Balaban J connectivity index is 2.42. The van der Waals surface area contributed by atoms with Gasteiger partial charge in [-0.15, -0.1) is 0 Å². The molecule has 19 heavy (non-hydrogen) atoms. The Kier molecular flexibility index (Phi) is 6.48. The zero-order valence-corrected chi connectivity index (χ0v) is 12.5. The summed E-state index contributed by atoms with van der Waals surface area (Å²) in [6.45, 7) is 4.31. The lowest BCUT2D eigenvalue weighted by Gasteiger charge is -2.13. The van der Waals surface area contributed by atoms with Crippen molar-refractivity contribution >= 4 is 10.0 Å². The predicted octanol–water partition coefficient (Wildman–Crippen LogP) is 1.84.